The standard InChI is InChI=1S/C7H11FO4S/c1-3(10)12-7-5(8)6(11)4(2-9)13-7/h4-7,9,11H,2H2,1H3/t4-,5+,6-,7?/m1/s1. The van der Waals surface area contributed by atoms with Crippen molar-refractivity contribution in [2.75, 3.05) is 6.61 Å². The zero-order chi connectivity index (χ0) is 10.0. The molecule has 13 heavy (non-hydrogen) atoms. The van der Waals surface area contributed by atoms with E-state index in [0.717, 1.165) is 11.8 Å². The zero-order valence-corrected chi connectivity index (χ0v) is 7.83. The molecule has 0 aromatic carbocycles. The van der Waals surface area contributed by atoms with Crippen LogP contribution in [-0.4, -0.2) is 45.8 Å². The molecule has 0 amide bonds. The molecule has 76 valence electrons. The van der Waals surface area contributed by atoms with Crippen molar-refractivity contribution in [2.24, 2.45) is 0 Å². The van der Waals surface area contributed by atoms with E-state index in [0.29, 0.717) is 0 Å². The lowest BCUT2D eigenvalue weighted by Crippen LogP contribution is -2.31. The SMILES string of the molecule is CC(=O)OC1S[C@H](CO)[C@@H](O)[C@@H]1F. The topological polar surface area (TPSA) is 66.8 Å². The third kappa shape index (κ3) is 2.32. The summed E-state index contributed by atoms with van der Waals surface area (Å²) in [5, 5.41) is 17.3. The fourth-order valence-electron chi connectivity index (χ4n) is 1.10. The number of ether oxygens (including phenoxy) is 1. The van der Waals surface area contributed by atoms with Crippen LogP contribution in [-0.2, 0) is 9.53 Å². The van der Waals surface area contributed by atoms with Gasteiger partial charge in [-0.25, -0.2) is 4.39 Å². The molecule has 1 heterocycles. The highest BCUT2D eigenvalue weighted by Crippen LogP contribution is 2.36. The summed E-state index contributed by atoms with van der Waals surface area (Å²) in [7, 11) is 0. The lowest BCUT2D eigenvalue weighted by molar-refractivity contribution is -0.145. The number of carbonyl (C=O) groups is 1. The maximum atomic E-state index is 13.1. The first kappa shape index (κ1) is 10.7. The number of alkyl halides is 1. The van der Waals surface area contributed by atoms with Crippen molar-refractivity contribution in [3.63, 3.8) is 0 Å². The molecule has 1 saturated heterocycles. The highest BCUT2D eigenvalue weighted by molar-refractivity contribution is 8.00. The van der Waals surface area contributed by atoms with Crippen molar-refractivity contribution in [2.45, 2.75) is 29.9 Å². The Balaban J connectivity index is 2.55. The Kier molecular flexibility index (Phi) is 3.52. The van der Waals surface area contributed by atoms with E-state index in [1.54, 1.807) is 0 Å². The van der Waals surface area contributed by atoms with Crippen molar-refractivity contribution < 1.29 is 24.1 Å². The van der Waals surface area contributed by atoms with Gasteiger partial charge in [0, 0.05) is 6.92 Å². The quantitative estimate of drug-likeness (QED) is 0.611. The summed E-state index contributed by atoms with van der Waals surface area (Å²) >= 11 is 0.937. The highest BCUT2D eigenvalue weighted by atomic mass is 32.2. The van der Waals surface area contributed by atoms with E-state index in [9.17, 15) is 14.3 Å². The third-order valence-corrected chi connectivity index (χ3v) is 3.14. The van der Waals surface area contributed by atoms with Crippen LogP contribution in [0.15, 0.2) is 0 Å². The van der Waals surface area contributed by atoms with E-state index in [2.05, 4.69) is 4.74 Å². The van der Waals surface area contributed by atoms with Crippen LogP contribution in [0.25, 0.3) is 0 Å². The van der Waals surface area contributed by atoms with Crippen LogP contribution >= 0.6 is 11.8 Å². The molecule has 2 N–H and O–H groups in total. The van der Waals surface area contributed by atoms with Gasteiger partial charge < -0.3 is 14.9 Å². The zero-order valence-electron chi connectivity index (χ0n) is 7.01. The van der Waals surface area contributed by atoms with Crippen molar-refractivity contribution in [1.29, 1.82) is 0 Å². The maximum Gasteiger partial charge on any atom is 0.303 e. The van der Waals surface area contributed by atoms with Gasteiger partial charge in [0.05, 0.1) is 11.9 Å². The molecule has 0 saturated carbocycles. The second-order valence-electron chi connectivity index (χ2n) is 2.77. The summed E-state index contributed by atoms with van der Waals surface area (Å²) in [5.74, 6) is -0.592. The number of aliphatic hydroxyl groups is 2. The third-order valence-electron chi connectivity index (χ3n) is 1.74. The molecular formula is C7H11FO4S. The van der Waals surface area contributed by atoms with Gasteiger partial charge >= 0.3 is 5.97 Å². The number of carbonyl (C=O) groups excluding carboxylic acids is 1. The fourth-order valence-corrected chi connectivity index (χ4v) is 2.35. The molecular weight excluding hydrogens is 199 g/mol. The minimum absolute atomic E-state index is 0.329. The molecule has 1 aliphatic rings. The molecule has 1 aliphatic heterocycles. The van der Waals surface area contributed by atoms with Crippen LogP contribution in [0.2, 0.25) is 0 Å². The number of esters is 1. The Morgan fingerprint density at radius 2 is 2.31 bits per heavy atom. The van der Waals surface area contributed by atoms with Gasteiger partial charge in [0.15, 0.2) is 11.6 Å². The van der Waals surface area contributed by atoms with E-state index < -0.39 is 28.9 Å². The van der Waals surface area contributed by atoms with Gasteiger partial charge in [-0.3, -0.25) is 4.79 Å². The molecule has 6 heteroatoms. The first-order valence-corrected chi connectivity index (χ1v) is 4.76. The second-order valence-corrected chi connectivity index (χ2v) is 4.11. The average molecular weight is 210 g/mol. The smallest absolute Gasteiger partial charge is 0.303 e. The van der Waals surface area contributed by atoms with Crippen LogP contribution in [0.1, 0.15) is 6.92 Å². The molecule has 1 fully saturated rings. The molecule has 1 rings (SSSR count). The van der Waals surface area contributed by atoms with Gasteiger partial charge in [0.1, 0.15) is 6.10 Å². The Labute approximate surface area is 79.1 Å². The molecule has 1 unspecified atom stereocenters. The number of thioether (sulfide) groups is 1. The largest absolute Gasteiger partial charge is 0.448 e. The molecule has 0 spiro atoms. The molecule has 4 atom stereocenters. The van der Waals surface area contributed by atoms with E-state index >= 15 is 0 Å². The first-order chi connectivity index (χ1) is 6.06. The molecule has 0 aromatic rings. The number of aliphatic hydroxyl groups excluding tert-OH is 2. The molecule has 0 radical (unpaired) electrons. The predicted octanol–water partition coefficient (Wildman–Crippen LogP) is -0.318. The number of hydrogen-bond acceptors (Lipinski definition) is 5. The van der Waals surface area contributed by atoms with Crippen LogP contribution in [0.4, 0.5) is 4.39 Å². The lowest BCUT2D eigenvalue weighted by Gasteiger charge is -2.12. The minimum atomic E-state index is -1.62. The highest BCUT2D eigenvalue weighted by Gasteiger charge is 2.45. The number of rotatable bonds is 2. The van der Waals surface area contributed by atoms with E-state index in [-0.39, 0.29) is 6.61 Å². The lowest BCUT2D eigenvalue weighted by atomic mass is 10.2. The van der Waals surface area contributed by atoms with Gasteiger partial charge in [-0.2, -0.15) is 0 Å². The Bertz CT molecular complexity index is 201. The van der Waals surface area contributed by atoms with Crippen LogP contribution in [0.3, 0.4) is 0 Å². The summed E-state index contributed by atoms with van der Waals surface area (Å²) in [6.07, 6.45) is -2.88. The van der Waals surface area contributed by atoms with Gasteiger partial charge in [-0.05, 0) is 0 Å². The fraction of sp³-hybridized carbons (Fsp3) is 0.857. The summed E-state index contributed by atoms with van der Waals surface area (Å²) in [6.45, 7) is 0.843. The summed E-state index contributed by atoms with van der Waals surface area (Å²) in [6, 6.07) is 0. The average Bonchev–Trinajstić information content (AvgIpc) is 2.32. The van der Waals surface area contributed by atoms with Gasteiger partial charge in [0.2, 0.25) is 0 Å². The predicted molar refractivity (Wildman–Crippen MR) is 44.9 cm³/mol. The Hall–Kier alpha value is -0.330. The summed E-state index contributed by atoms with van der Waals surface area (Å²) in [5.41, 5.74) is -0.996. The molecule has 0 aliphatic carbocycles. The van der Waals surface area contributed by atoms with Gasteiger partial charge in [0.25, 0.3) is 0 Å². The first-order valence-electron chi connectivity index (χ1n) is 3.82. The Morgan fingerprint density at radius 3 is 2.69 bits per heavy atom. The van der Waals surface area contributed by atoms with Crippen molar-refractivity contribution >= 4 is 17.7 Å². The number of halogens is 1. The van der Waals surface area contributed by atoms with Crippen LogP contribution < -0.4 is 0 Å². The van der Waals surface area contributed by atoms with Crippen LogP contribution in [0.5, 0.6) is 0 Å². The Morgan fingerprint density at radius 1 is 1.69 bits per heavy atom. The van der Waals surface area contributed by atoms with Crippen LogP contribution in [0, 0.1) is 0 Å². The molecule has 0 bridgehead atoms. The summed E-state index contributed by atoms with van der Waals surface area (Å²) in [4.78, 5) is 10.5. The maximum absolute atomic E-state index is 13.1. The monoisotopic (exact) mass is 210 g/mol. The minimum Gasteiger partial charge on any atom is -0.448 e. The normalized spacial score (nSPS) is 39.1. The van der Waals surface area contributed by atoms with E-state index in [1.807, 2.05) is 0 Å². The number of hydrogen-bond donors (Lipinski definition) is 2. The van der Waals surface area contributed by atoms with E-state index in [1.165, 1.54) is 6.92 Å². The van der Waals surface area contributed by atoms with Crippen molar-refractivity contribution in [3.05, 3.63) is 0 Å². The van der Waals surface area contributed by atoms with Gasteiger partial charge in [-0.15, -0.1) is 11.8 Å². The van der Waals surface area contributed by atoms with Crippen molar-refractivity contribution in [1.82, 2.24) is 0 Å². The van der Waals surface area contributed by atoms with Gasteiger partial charge in [-0.1, -0.05) is 0 Å². The summed E-state index contributed by atoms with van der Waals surface area (Å²) < 4.78 is 17.7. The van der Waals surface area contributed by atoms with Crippen molar-refractivity contribution in [3.8, 4) is 0 Å². The molecule has 4 nitrogen and oxygen atoms in total. The van der Waals surface area contributed by atoms with E-state index in [4.69, 9.17) is 5.11 Å². The second kappa shape index (κ2) is 4.26. The molecule has 0 aromatic heterocycles.